The highest BCUT2D eigenvalue weighted by atomic mass is 16.5. The number of pyridine rings is 1. The number of carbonyl (C=O) groups excluding carboxylic acids is 1. The molecule has 4 rings (SSSR count). The lowest BCUT2D eigenvalue weighted by molar-refractivity contribution is -0.131. The second-order valence-electron chi connectivity index (χ2n) is 6.68. The van der Waals surface area contributed by atoms with E-state index >= 15 is 0 Å². The summed E-state index contributed by atoms with van der Waals surface area (Å²) >= 11 is 0. The van der Waals surface area contributed by atoms with E-state index in [4.69, 9.17) is 4.74 Å². The van der Waals surface area contributed by atoms with Crippen LogP contribution >= 0.6 is 0 Å². The van der Waals surface area contributed by atoms with Gasteiger partial charge in [0.15, 0.2) is 0 Å². The molecular formula is C18H23N5O2. The fraction of sp³-hybridized carbons (Fsp3) is 0.500. The minimum absolute atomic E-state index is 0.125. The zero-order chi connectivity index (χ0) is 17.1. The van der Waals surface area contributed by atoms with E-state index in [1.165, 1.54) is 0 Å². The van der Waals surface area contributed by atoms with Crippen LogP contribution in [0.5, 0.6) is 5.88 Å². The Morgan fingerprint density at radius 2 is 2.16 bits per heavy atom. The molecule has 2 aliphatic heterocycles. The summed E-state index contributed by atoms with van der Waals surface area (Å²) in [6.45, 7) is 4.29. The Morgan fingerprint density at radius 1 is 1.28 bits per heavy atom. The number of rotatable bonds is 5. The normalized spacial score (nSPS) is 20.5. The minimum atomic E-state index is 0.125. The third kappa shape index (κ3) is 3.66. The predicted molar refractivity (Wildman–Crippen MR) is 92.1 cm³/mol. The van der Waals surface area contributed by atoms with Crippen LogP contribution in [-0.2, 0) is 11.3 Å². The van der Waals surface area contributed by atoms with Crippen LogP contribution < -0.4 is 4.74 Å². The standard InChI is InChI=1S/C18H23N5O2/c24-18(22-7-3-4-8-22)12-21-10-15-9-19-14-23(15)16(11-21)13-25-17-5-1-2-6-20-17/h1-2,5-6,9,14,16H,3-4,7-8,10-13H2. The molecule has 2 aromatic rings. The Labute approximate surface area is 147 Å². The Hall–Kier alpha value is -2.41. The van der Waals surface area contributed by atoms with Crippen molar-refractivity contribution in [1.29, 1.82) is 0 Å². The first-order valence-corrected chi connectivity index (χ1v) is 8.84. The molecule has 1 fully saturated rings. The molecule has 1 saturated heterocycles. The molecule has 0 N–H and O–H groups in total. The average molecular weight is 341 g/mol. The SMILES string of the molecule is O=C(CN1Cc2cncn2C(COc2ccccn2)C1)N1CCCC1. The van der Waals surface area contributed by atoms with Crippen LogP contribution in [-0.4, -0.2) is 63.0 Å². The monoisotopic (exact) mass is 341 g/mol. The van der Waals surface area contributed by atoms with Gasteiger partial charge in [-0.3, -0.25) is 9.69 Å². The van der Waals surface area contributed by atoms with Crippen LogP contribution in [0.2, 0.25) is 0 Å². The molecule has 7 nitrogen and oxygen atoms in total. The van der Waals surface area contributed by atoms with Gasteiger partial charge < -0.3 is 14.2 Å². The number of ether oxygens (including phenoxy) is 1. The molecule has 1 atom stereocenters. The van der Waals surface area contributed by atoms with Crippen molar-refractivity contribution in [2.75, 3.05) is 32.8 Å². The molecule has 4 heterocycles. The Bertz CT molecular complexity index is 711. The zero-order valence-corrected chi connectivity index (χ0v) is 14.3. The maximum atomic E-state index is 12.5. The molecule has 0 radical (unpaired) electrons. The number of hydrogen-bond acceptors (Lipinski definition) is 5. The van der Waals surface area contributed by atoms with Gasteiger partial charge in [0.05, 0.1) is 24.6 Å². The van der Waals surface area contributed by atoms with Gasteiger partial charge in [-0.2, -0.15) is 0 Å². The maximum Gasteiger partial charge on any atom is 0.236 e. The highest BCUT2D eigenvalue weighted by Gasteiger charge is 2.28. The van der Waals surface area contributed by atoms with Gasteiger partial charge in [-0.15, -0.1) is 0 Å². The lowest BCUT2D eigenvalue weighted by atomic mass is 10.2. The Morgan fingerprint density at radius 3 is 2.96 bits per heavy atom. The molecule has 0 aromatic carbocycles. The van der Waals surface area contributed by atoms with Crippen LogP contribution in [0.1, 0.15) is 24.6 Å². The molecule has 0 saturated carbocycles. The van der Waals surface area contributed by atoms with E-state index in [2.05, 4.69) is 19.4 Å². The third-order valence-electron chi connectivity index (χ3n) is 4.87. The fourth-order valence-corrected chi connectivity index (χ4v) is 3.59. The van der Waals surface area contributed by atoms with Crippen molar-refractivity contribution in [3.8, 4) is 5.88 Å². The smallest absolute Gasteiger partial charge is 0.236 e. The summed E-state index contributed by atoms with van der Waals surface area (Å²) in [6.07, 6.45) is 7.69. The van der Waals surface area contributed by atoms with Gasteiger partial charge in [-0.1, -0.05) is 6.07 Å². The van der Waals surface area contributed by atoms with Crippen LogP contribution in [0, 0.1) is 0 Å². The van der Waals surface area contributed by atoms with Crippen LogP contribution in [0.25, 0.3) is 0 Å². The van der Waals surface area contributed by atoms with Gasteiger partial charge in [0.1, 0.15) is 6.61 Å². The van der Waals surface area contributed by atoms with Crippen LogP contribution in [0.3, 0.4) is 0 Å². The predicted octanol–water partition coefficient (Wildman–Crippen LogP) is 1.34. The van der Waals surface area contributed by atoms with Gasteiger partial charge >= 0.3 is 0 Å². The Balaban J connectivity index is 1.41. The van der Waals surface area contributed by atoms with E-state index in [-0.39, 0.29) is 11.9 Å². The summed E-state index contributed by atoms with van der Waals surface area (Å²) in [5.41, 5.74) is 1.12. The molecule has 25 heavy (non-hydrogen) atoms. The first-order chi connectivity index (χ1) is 12.3. The van der Waals surface area contributed by atoms with Gasteiger partial charge in [0.25, 0.3) is 0 Å². The summed E-state index contributed by atoms with van der Waals surface area (Å²) < 4.78 is 8.00. The zero-order valence-electron chi connectivity index (χ0n) is 14.3. The number of amides is 1. The molecule has 1 unspecified atom stereocenters. The average Bonchev–Trinajstić information content (AvgIpc) is 3.32. The number of hydrogen-bond donors (Lipinski definition) is 0. The van der Waals surface area contributed by atoms with Gasteiger partial charge in [0, 0.05) is 44.6 Å². The number of likely N-dealkylation sites (tertiary alicyclic amines) is 1. The van der Waals surface area contributed by atoms with E-state index in [9.17, 15) is 4.79 Å². The largest absolute Gasteiger partial charge is 0.475 e. The second kappa shape index (κ2) is 7.23. The van der Waals surface area contributed by atoms with E-state index in [1.807, 2.05) is 35.6 Å². The van der Waals surface area contributed by atoms with Crippen molar-refractivity contribution in [2.45, 2.75) is 25.4 Å². The molecule has 1 amide bonds. The molecule has 2 aliphatic rings. The van der Waals surface area contributed by atoms with Crippen LogP contribution in [0.15, 0.2) is 36.9 Å². The van der Waals surface area contributed by atoms with Crippen molar-refractivity contribution in [3.63, 3.8) is 0 Å². The van der Waals surface area contributed by atoms with E-state index < -0.39 is 0 Å². The molecule has 7 heteroatoms. The lowest BCUT2D eigenvalue weighted by Crippen LogP contribution is -2.45. The first-order valence-electron chi connectivity index (χ1n) is 8.84. The Kier molecular flexibility index (Phi) is 4.65. The second-order valence-corrected chi connectivity index (χ2v) is 6.68. The highest BCUT2D eigenvalue weighted by molar-refractivity contribution is 5.78. The maximum absolute atomic E-state index is 12.5. The van der Waals surface area contributed by atoms with E-state index in [0.29, 0.717) is 19.0 Å². The number of aromatic nitrogens is 3. The summed E-state index contributed by atoms with van der Waals surface area (Å²) in [4.78, 5) is 25.1. The van der Waals surface area contributed by atoms with E-state index in [1.54, 1.807) is 6.20 Å². The first kappa shape index (κ1) is 16.1. The number of nitrogens with zero attached hydrogens (tertiary/aromatic N) is 5. The third-order valence-corrected chi connectivity index (χ3v) is 4.87. The van der Waals surface area contributed by atoms with Crippen molar-refractivity contribution >= 4 is 5.91 Å². The molecule has 0 spiro atoms. The summed E-state index contributed by atoms with van der Waals surface area (Å²) in [5.74, 6) is 0.851. The van der Waals surface area contributed by atoms with Crippen molar-refractivity contribution in [1.82, 2.24) is 24.3 Å². The minimum Gasteiger partial charge on any atom is -0.475 e. The molecule has 0 bridgehead atoms. The van der Waals surface area contributed by atoms with Gasteiger partial charge in [0.2, 0.25) is 11.8 Å². The number of imidazole rings is 1. The summed E-state index contributed by atoms with van der Waals surface area (Å²) in [7, 11) is 0. The van der Waals surface area contributed by atoms with Crippen molar-refractivity contribution < 1.29 is 9.53 Å². The molecule has 0 aliphatic carbocycles. The topological polar surface area (TPSA) is 63.5 Å². The summed E-state index contributed by atoms with van der Waals surface area (Å²) in [6, 6.07) is 5.76. The fourth-order valence-electron chi connectivity index (χ4n) is 3.59. The highest BCUT2D eigenvalue weighted by Crippen LogP contribution is 2.22. The number of carbonyl (C=O) groups is 1. The quantitative estimate of drug-likeness (QED) is 0.821. The molecular weight excluding hydrogens is 318 g/mol. The number of fused-ring (bicyclic) bond motifs is 1. The van der Waals surface area contributed by atoms with E-state index in [0.717, 1.165) is 44.7 Å². The molecule has 132 valence electrons. The van der Waals surface area contributed by atoms with Gasteiger partial charge in [-0.05, 0) is 18.9 Å². The van der Waals surface area contributed by atoms with Crippen molar-refractivity contribution in [2.24, 2.45) is 0 Å². The van der Waals surface area contributed by atoms with Gasteiger partial charge in [-0.25, -0.2) is 9.97 Å². The summed E-state index contributed by atoms with van der Waals surface area (Å²) in [5, 5.41) is 0. The van der Waals surface area contributed by atoms with Crippen molar-refractivity contribution in [3.05, 3.63) is 42.6 Å². The van der Waals surface area contributed by atoms with Crippen LogP contribution in [0.4, 0.5) is 0 Å². The molecule has 2 aromatic heterocycles. The lowest BCUT2D eigenvalue weighted by Gasteiger charge is -2.34.